The second-order valence-corrected chi connectivity index (χ2v) is 13.5. The van der Waals surface area contributed by atoms with Crippen LogP contribution in [0, 0.1) is 23.2 Å². The topological polar surface area (TPSA) is 154 Å². The van der Waals surface area contributed by atoms with Crippen LogP contribution in [0.15, 0.2) is 0 Å². The van der Waals surface area contributed by atoms with Gasteiger partial charge in [0.15, 0.2) is 0 Å². The molecule has 11 nitrogen and oxygen atoms in total. The van der Waals surface area contributed by atoms with Gasteiger partial charge in [0.1, 0.15) is 12.1 Å². The summed E-state index contributed by atoms with van der Waals surface area (Å²) < 4.78 is 0. The van der Waals surface area contributed by atoms with Gasteiger partial charge < -0.3 is 26.2 Å². The van der Waals surface area contributed by atoms with Crippen molar-refractivity contribution in [3.8, 4) is 0 Å². The first-order chi connectivity index (χ1) is 20.1. The fourth-order valence-corrected chi connectivity index (χ4v) is 7.34. The molecule has 42 heavy (non-hydrogen) atoms. The quantitative estimate of drug-likeness (QED) is 0.226. The molecule has 5 aliphatic carbocycles. The van der Waals surface area contributed by atoms with Crippen LogP contribution in [0.1, 0.15) is 96.8 Å². The van der Waals surface area contributed by atoms with E-state index in [4.69, 9.17) is 0 Å². The summed E-state index contributed by atoms with van der Waals surface area (Å²) in [5.74, 6) is -2.43. The van der Waals surface area contributed by atoms with Crippen molar-refractivity contribution in [1.29, 1.82) is 0 Å². The number of amides is 5. The van der Waals surface area contributed by atoms with E-state index in [0.717, 1.165) is 64.2 Å². The number of nitrogens with one attached hydrogen (secondary N) is 4. The Balaban J connectivity index is 1.30. The fourth-order valence-electron chi connectivity index (χ4n) is 7.34. The van der Waals surface area contributed by atoms with Crippen molar-refractivity contribution >= 4 is 35.3 Å². The molecule has 4 N–H and O–H groups in total. The summed E-state index contributed by atoms with van der Waals surface area (Å²) >= 11 is 0. The molecule has 2 bridgehead atoms. The monoisotopic (exact) mass is 585 g/mol. The normalized spacial score (nSPS) is 28.7. The van der Waals surface area contributed by atoms with Crippen LogP contribution in [-0.4, -0.2) is 78.0 Å². The van der Waals surface area contributed by atoms with Gasteiger partial charge in [-0.2, -0.15) is 0 Å². The lowest BCUT2D eigenvalue weighted by Gasteiger charge is -2.60. The fraction of sp³-hybridized carbons (Fsp3) is 0.806. The number of Topliss-reactive ketones (excluding diaryl/α,β-unsaturated/α-hetero) is 1. The zero-order chi connectivity index (χ0) is 30.0. The summed E-state index contributed by atoms with van der Waals surface area (Å²) in [6.45, 7) is 2.40. The molecule has 1 saturated heterocycles. The predicted octanol–water partition coefficient (Wildman–Crippen LogP) is 1.34. The van der Waals surface area contributed by atoms with Gasteiger partial charge in [0.05, 0.1) is 6.04 Å². The molecule has 232 valence electrons. The molecule has 0 unspecified atom stereocenters. The minimum absolute atomic E-state index is 0.0108. The van der Waals surface area contributed by atoms with Gasteiger partial charge in [0, 0.05) is 31.0 Å². The highest BCUT2D eigenvalue weighted by atomic mass is 16.2. The van der Waals surface area contributed by atoms with Gasteiger partial charge in [-0.15, -0.1) is 0 Å². The maximum atomic E-state index is 14.1. The molecule has 0 aromatic heterocycles. The van der Waals surface area contributed by atoms with Gasteiger partial charge in [-0.25, -0.2) is 0 Å². The van der Waals surface area contributed by atoms with Crippen molar-refractivity contribution in [3.63, 3.8) is 0 Å². The Bertz CT molecular complexity index is 1080. The summed E-state index contributed by atoms with van der Waals surface area (Å²) in [5.41, 5.74) is -0.322. The second-order valence-electron chi connectivity index (χ2n) is 13.5. The van der Waals surface area contributed by atoms with Crippen LogP contribution < -0.4 is 21.3 Å². The van der Waals surface area contributed by atoms with Crippen molar-refractivity contribution in [3.05, 3.63) is 0 Å². The number of likely N-dealkylation sites (N-methyl/N-ethyl adjacent to an activating group) is 1. The lowest BCUT2D eigenvalue weighted by molar-refractivity contribution is -0.167. The molecule has 1 heterocycles. The third kappa shape index (κ3) is 6.49. The molecule has 0 aromatic rings. The van der Waals surface area contributed by atoms with E-state index in [0.29, 0.717) is 31.7 Å². The van der Waals surface area contributed by atoms with Crippen LogP contribution in [0.2, 0.25) is 0 Å². The second kappa shape index (κ2) is 12.7. The molecule has 6 fully saturated rings. The van der Waals surface area contributed by atoms with E-state index < -0.39 is 41.6 Å². The van der Waals surface area contributed by atoms with Crippen LogP contribution in [0.3, 0.4) is 0 Å². The third-order valence-corrected chi connectivity index (χ3v) is 10.3. The standard InChI is InChI=1S/C31H47N5O6/c1-3-7-23(27(39)34-22(14-20-12-13-32-26(20)38)25(37)28(40)33-21-10-11-21)36(2)29(41)24(19-8-5-4-6-9-19)35-30(42)31-15-18(16-31)17-31/h18-24H,3-17H2,1-2H3,(H,32,38)(H,33,40)(H,34,39)(H,35,42)/t18?,20-,22-,23-,24+,31?/m0/s1. The first-order valence-corrected chi connectivity index (χ1v) is 16.1. The molecule has 1 aliphatic heterocycles. The van der Waals surface area contributed by atoms with Gasteiger partial charge in [0.25, 0.3) is 5.91 Å². The van der Waals surface area contributed by atoms with Crippen LogP contribution >= 0.6 is 0 Å². The average molecular weight is 586 g/mol. The Morgan fingerprint density at radius 3 is 2.21 bits per heavy atom. The summed E-state index contributed by atoms with van der Waals surface area (Å²) in [4.78, 5) is 80.7. The summed E-state index contributed by atoms with van der Waals surface area (Å²) in [6.07, 6.45) is 10.6. The first kappa shape index (κ1) is 30.5. The number of rotatable bonds is 14. The highest BCUT2D eigenvalue weighted by Crippen LogP contribution is 2.64. The minimum atomic E-state index is -1.17. The van der Waals surface area contributed by atoms with Crippen molar-refractivity contribution in [2.75, 3.05) is 13.6 Å². The number of carbonyl (C=O) groups excluding carboxylic acids is 6. The van der Waals surface area contributed by atoms with E-state index in [1.165, 1.54) is 4.90 Å². The van der Waals surface area contributed by atoms with E-state index >= 15 is 0 Å². The predicted molar refractivity (Wildman–Crippen MR) is 154 cm³/mol. The first-order valence-electron chi connectivity index (χ1n) is 16.1. The van der Waals surface area contributed by atoms with Crippen molar-refractivity contribution in [2.45, 2.75) is 121 Å². The molecular weight excluding hydrogens is 538 g/mol. The van der Waals surface area contributed by atoms with Crippen LogP contribution in [0.5, 0.6) is 0 Å². The molecule has 11 heteroatoms. The van der Waals surface area contributed by atoms with Gasteiger partial charge in [0.2, 0.25) is 29.4 Å². The lowest BCUT2D eigenvalue weighted by Crippen LogP contribution is -2.65. The zero-order valence-electron chi connectivity index (χ0n) is 25.0. The van der Waals surface area contributed by atoms with E-state index in [-0.39, 0.29) is 41.5 Å². The maximum Gasteiger partial charge on any atom is 0.289 e. The number of ketones is 1. The van der Waals surface area contributed by atoms with E-state index in [1.54, 1.807) is 7.05 Å². The smallest absolute Gasteiger partial charge is 0.289 e. The van der Waals surface area contributed by atoms with Gasteiger partial charge in [-0.05, 0) is 76.0 Å². The lowest BCUT2D eigenvalue weighted by atomic mass is 9.44. The Hall–Kier alpha value is -2.98. The van der Waals surface area contributed by atoms with Crippen molar-refractivity contribution in [2.24, 2.45) is 23.2 Å². The number of hydrogen-bond donors (Lipinski definition) is 4. The Morgan fingerprint density at radius 2 is 1.67 bits per heavy atom. The molecule has 0 radical (unpaired) electrons. The highest BCUT2D eigenvalue weighted by molar-refractivity contribution is 6.38. The van der Waals surface area contributed by atoms with Crippen molar-refractivity contribution < 1.29 is 28.8 Å². The number of hydrogen-bond acceptors (Lipinski definition) is 6. The Morgan fingerprint density at radius 1 is 0.976 bits per heavy atom. The van der Waals surface area contributed by atoms with E-state index in [9.17, 15) is 28.8 Å². The molecule has 6 rings (SSSR count). The molecule has 4 atom stereocenters. The maximum absolute atomic E-state index is 14.1. The molecule has 5 amide bonds. The molecule has 5 saturated carbocycles. The Kier molecular flexibility index (Phi) is 9.23. The van der Waals surface area contributed by atoms with Crippen molar-refractivity contribution in [1.82, 2.24) is 26.2 Å². The Labute approximate surface area is 248 Å². The zero-order valence-corrected chi connectivity index (χ0v) is 25.0. The molecular formula is C31H47N5O6. The molecule has 0 aromatic carbocycles. The van der Waals surface area contributed by atoms with Crippen LogP contribution in [-0.2, 0) is 28.8 Å². The van der Waals surface area contributed by atoms with Gasteiger partial charge >= 0.3 is 0 Å². The number of nitrogens with zero attached hydrogens (tertiary/aromatic N) is 1. The highest BCUT2D eigenvalue weighted by Gasteiger charge is 2.61. The number of carbonyl (C=O) groups is 6. The third-order valence-electron chi connectivity index (χ3n) is 10.3. The minimum Gasteiger partial charge on any atom is -0.356 e. The van der Waals surface area contributed by atoms with Crippen LogP contribution in [0.4, 0.5) is 0 Å². The largest absolute Gasteiger partial charge is 0.356 e. The van der Waals surface area contributed by atoms with Crippen LogP contribution in [0.25, 0.3) is 0 Å². The summed E-state index contributed by atoms with van der Waals surface area (Å²) in [6, 6.07) is -2.79. The summed E-state index contributed by atoms with van der Waals surface area (Å²) in [7, 11) is 1.59. The molecule has 0 spiro atoms. The summed E-state index contributed by atoms with van der Waals surface area (Å²) in [5, 5.41) is 11.3. The average Bonchev–Trinajstić information content (AvgIpc) is 3.65. The van der Waals surface area contributed by atoms with Gasteiger partial charge in [-0.1, -0.05) is 32.6 Å². The van der Waals surface area contributed by atoms with E-state index in [2.05, 4.69) is 21.3 Å². The van der Waals surface area contributed by atoms with E-state index in [1.807, 2.05) is 6.92 Å². The SMILES string of the molecule is CCC[C@@H](C(=O)N[C@@H](C[C@@H]1CCNC1=O)C(=O)C(=O)NC1CC1)N(C)C(=O)[C@H](NC(=O)C12CC(C1)C2)C1CCCCC1. The molecule has 6 aliphatic rings. The van der Waals surface area contributed by atoms with Gasteiger partial charge in [-0.3, -0.25) is 28.8 Å².